The van der Waals surface area contributed by atoms with E-state index in [9.17, 15) is 13.2 Å². The molecular formula is C20H26N2O5S. The van der Waals surface area contributed by atoms with Crippen LogP contribution in [0.5, 0.6) is 11.5 Å². The van der Waals surface area contributed by atoms with Crippen LogP contribution in [0.25, 0.3) is 0 Å². The number of amides is 1. The smallest absolute Gasteiger partial charge is 0.248 e. The van der Waals surface area contributed by atoms with Crippen LogP contribution >= 0.6 is 0 Å². The number of nitrogens with zero attached hydrogens (tertiary/aromatic N) is 1. The highest BCUT2D eigenvalue weighted by Gasteiger charge is 2.32. The number of hydrogen-bond donors (Lipinski definition) is 1. The van der Waals surface area contributed by atoms with Crippen molar-refractivity contribution in [2.45, 2.75) is 26.3 Å². The summed E-state index contributed by atoms with van der Waals surface area (Å²) in [7, 11) is -0.669. The molecule has 0 aliphatic carbocycles. The van der Waals surface area contributed by atoms with Crippen LogP contribution < -0.4 is 19.1 Å². The van der Waals surface area contributed by atoms with Gasteiger partial charge in [-0.15, -0.1) is 0 Å². The summed E-state index contributed by atoms with van der Waals surface area (Å²) in [6, 6.07) is 11.0. The molecule has 0 spiro atoms. The molecule has 152 valence electrons. The Morgan fingerprint density at radius 3 is 2.25 bits per heavy atom. The highest BCUT2D eigenvalue weighted by molar-refractivity contribution is 7.92. The Labute approximate surface area is 166 Å². The first-order valence-electron chi connectivity index (χ1n) is 8.80. The van der Waals surface area contributed by atoms with Crippen LogP contribution in [0.3, 0.4) is 0 Å². The summed E-state index contributed by atoms with van der Waals surface area (Å²) in [6.45, 7) is 3.66. The molecule has 1 amide bonds. The first-order valence-corrected chi connectivity index (χ1v) is 10.6. The van der Waals surface area contributed by atoms with Gasteiger partial charge in [-0.1, -0.05) is 13.0 Å². The third-order valence-electron chi connectivity index (χ3n) is 4.27. The molecule has 7 nitrogen and oxygen atoms in total. The zero-order chi connectivity index (χ0) is 20.9. The minimum absolute atomic E-state index is 0.291. The molecule has 0 aromatic heterocycles. The number of rotatable bonds is 8. The fourth-order valence-corrected chi connectivity index (χ4v) is 4.14. The van der Waals surface area contributed by atoms with Crippen LogP contribution in [-0.4, -0.2) is 40.8 Å². The number of aryl methyl sites for hydroxylation is 1. The molecule has 0 radical (unpaired) electrons. The van der Waals surface area contributed by atoms with Crippen LogP contribution in [0.1, 0.15) is 18.9 Å². The third-order valence-corrected chi connectivity index (χ3v) is 5.45. The van der Waals surface area contributed by atoms with E-state index in [-0.39, 0.29) is 0 Å². The van der Waals surface area contributed by atoms with Gasteiger partial charge in [-0.25, -0.2) is 8.42 Å². The number of carbonyl (C=O) groups is 1. The van der Waals surface area contributed by atoms with E-state index in [2.05, 4.69) is 5.32 Å². The summed E-state index contributed by atoms with van der Waals surface area (Å²) in [5, 5.41) is 2.80. The number of sulfonamides is 1. The van der Waals surface area contributed by atoms with Gasteiger partial charge in [0.2, 0.25) is 15.9 Å². The summed E-state index contributed by atoms with van der Waals surface area (Å²) in [5.41, 5.74) is 1.83. The van der Waals surface area contributed by atoms with E-state index in [1.165, 1.54) is 14.2 Å². The molecule has 1 atom stereocenters. The van der Waals surface area contributed by atoms with Crippen molar-refractivity contribution < 1.29 is 22.7 Å². The number of hydrogen-bond acceptors (Lipinski definition) is 5. The fraction of sp³-hybridized carbons (Fsp3) is 0.350. The molecule has 2 rings (SSSR count). The van der Waals surface area contributed by atoms with Gasteiger partial charge in [0, 0.05) is 0 Å². The van der Waals surface area contributed by atoms with Crippen molar-refractivity contribution in [1.82, 2.24) is 0 Å². The van der Waals surface area contributed by atoms with Gasteiger partial charge in [0.1, 0.15) is 17.5 Å². The van der Waals surface area contributed by atoms with E-state index >= 15 is 0 Å². The molecule has 0 saturated heterocycles. The van der Waals surface area contributed by atoms with Crippen molar-refractivity contribution in [1.29, 1.82) is 0 Å². The van der Waals surface area contributed by atoms with Crippen molar-refractivity contribution in [3.05, 3.63) is 48.0 Å². The second kappa shape index (κ2) is 8.97. The van der Waals surface area contributed by atoms with Gasteiger partial charge in [0.15, 0.2) is 0 Å². The van der Waals surface area contributed by atoms with Crippen LogP contribution in [0.2, 0.25) is 0 Å². The summed E-state index contributed by atoms with van der Waals surface area (Å²) in [6.07, 6.45) is 1.37. The van der Waals surface area contributed by atoms with Crippen LogP contribution in [0.4, 0.5) is 11.4 Å². The lowest BCUT2D eigenvalue weighted by molar-refractivity contribution is -0.117. The maximum Gasteiger partial charge on any atom is 0.248 e. The molecule has 2 aromatic rings. The summed E-state index contributed by atoms with van der Waals surface area (Å²) in [5.74, 6) is 0.663. The first kappa shape index (κ1) is 21.6. The Morgan fingerprint density at radius 1 is 1.11 bits per heavy atom. The molecule has 1 N–H and O–H groups in total. The Morgan fingerprint density at radius 2 is 1.75 bits per heavy atom. The van der Waals surface area contributed by atoms with E-state index < -0.39 is 22.0 Å². The summed E-state index contributed by atoms with van der Waals surface area (Å²) < 4.78 is 36.6. The van der Waals surface area contributed by atoms with Crippen molar-refractivity contribution in [3.8, 4) is 11.5 Å². The lowest BCUT2D eigenvalue weighted by atomic mass is 10.1. The maximum absolute atomic E-state index is 13.0. The molecule has 0 aliphatic rings. The Bertz CT molecular complexity index is 926. The van der Waals surface area contributed by atoms with Gasteiger partial charge in [0.25, 0.3) is 0 Å². The number of anilines is 2. The monoisotopic (exact) mass is 406 g/mol. The molecule has 0 bridgehead atoms. The number of nitrogens with one attached hydrogen (secondary N) is 1. The predicted octanol–water partition coefficient (Wildman–Crippen LogP) is 3.20. The first-order chi connectivity index (χ1) is 13.2. The molecule has 0 heterocycles. The largest absolute Gasteiger partial charge is 0.497 e. The van der Waals surface area contributed by atoms with E-state index in [4.69, 9.17) is 9.47 Å². The molecule has 0 fully saturated rings. The van der Waals surface area contributed by atoms with E-state index in [1.807, 2.05) is 13.0 Å². The number of benzene rings is 2. The molecular weight excluding hydrogens is 380 g/mol. The minimum atomic E-state index is -3.71. The summed E-state index contributed by atoms with van der Waals surface area (Å²) >= 11 is 0. The normalized spacial score (nSPS) is 12.2. The van der Waals surface area contributed by atoms with Gasteiger partial charge in [-0.2, -0.15) is 0 Å². The Kier molecular flexibility index (Phi) is 6.90. The fourth-order valence-electron chi connectivity index (χ4n) is 2.92. The van der Waals surface area contributed by atoms with Crippen molar-refractivity contribution in [3.63, 3.8) is 0 Å². The van der Waals surface area contributed by atoms with Gasteiger partial charge in [0.05, 0.1) is 31.9 Å². The molecule has 1 unspecified atom stereocenters. The Hall–Kier alpha value is -2.74. The van der Waals surface area contributed by atoms with Gasteiger partial charge >= 0.3 is 0 Å². The second-order valence-electron chi connectivity index (χ2n) is 6.37. The standard InChI is InChI=1S/C20H26N2O5S/c1-6-18(20(23)21-17-13-14(2)7-12-19(17)27-4)22(28(5,24)25)15-8-10-16(26-3)11-9-15/h7-13,18H,6H2,1-5H3,(H,21,23). The maximum atomic E-state index is 13.0. The Balaban J connectivity index is 2.40. The molecule has 8 heteroatoms. The molecule has 2 aromatic carbocycles. The van der Waals surface area contributed by atoms with Gasteiger partial charge in [-0.05, 0) is 55.3 Å². The zero-order valence-electron chi connectivity index (χ0n) is 16.7. The molecule has 28 heavy (non-hydrogen) atoms. The van der Waals surface area contributed by atoms with Crippen molar-refractivity contribution >= 4 is 27.3 Å². The minimum Gasteiger partial charge on any atom is -0.497 e. The zero-order valence-corrected chi connectivity index (χ0v) is 17.5. The van der Waals surface area contributed by atoms with Crippen molar-refractivity contribution in [2.75, 3.05) is 30.1 Å². The lowest BCUT2D eigenvalue weighted by Gasteiger charge is -2.30. The van der Waals surface area contributed by atoms with Crippen LogP contribution in [0, 0.1) is 6.92 Å². The predicted molar refractivity (Wildman–Crippen MR) is 111 cm³/mol. The van der Waals surface area contributed by atoms with Crippen molar-refractivity contribution in [2.24, 2.45) is 0 Å². The number of ether oxygens (including phenoxy) is 2. The SMILES string of the molecule is CCC(C(=O)Nc1cc(C)ccc1OC)N(c1ccc(OC)cc1)S(C)(=O)=O. The average molecular weight is 407 g/mol. The topological polar surface area (TPSA) is 84.9 Å². The molecule has 0 saturated carbocycles. The summed E-state index contributed by atoms with van der Waals surface area (Å²) in [4.78, 5) is 13.0. The van der Waals surface area contributed by atoms with E-state index in [0.717, 1.165) is 16.1 Å². The molecule has 0 aliphatic heterocycles. The highest BCUT2D eigenvalue weighted by atomic mass is 32.2. The highest BCUT2D eigenvalue weighted by Crippen LogP contribution is 2.28. The van der Waals surface area contributed by atoms with E-state index in [0.29, 0.717) is 29.3 Å². The van der Waals surface area contributed by atoms with E-state index in [1.54, 1.807) is 43.3 Å². The number of carbonyl (C=O) groups excluding carboxylic acids is 1. The second-order valence-corrected chi connectivity index (χ2v) is 8.23. The van der Waals surface area contributed by atoms with Crippen LogP contribution in [-0.2, 0) is 14.8 Å². The van der Waals surface area contributed by atoms with Gasteiger partial charge in [-0.3, -0.25) is 9.10 Å². The lowest BCUT2D eigenvalue weighted by Crippen LogP contribution is -2.47. The van der Waals surface area contributed by atoms with Gasteiger partial charge < -0.3 is 14.8 Å². The average Bonchev–Trinajstić information content (AvgIpc) is 2.65. The third kappa shape index (κ3) is 4.95. The number of methoxy groups -OCH3 is 2. The quantitative estimate of drug-likeness (QED) is 0.728. The van der Waals surface area contributed by atoms with Crippen LogP contribution in [0.15, 0.2) is 42.5 Å².